The van der Waals surface area contributed by atoms with Gasteiger partial charge in [0.05, 0.1) is 13.4 Å². The Hall–Kier alpha value is -2.34. The second-order valence-electron chi connectivity index (χ2n) is 4.32. The molecule has 2 rings (SSSR count). The fourth-order valence-electron chi connectivity index (χ4n) is 1.80. The van der Waals surface area contributed by atoms with Crippen LogP contribution in [0.3, 0.4) is 0 Å². The molecule has 2 aromatic rings. The Morgan fingerprint density at radius 2 is 2.35 bits per heavy atom. The summed E-state index contributed by atoms with van der Waals surface area (Å²) in [5, 5.41) is 2.82. The smallest absolute Gasteiger partial charge is 0.271 e. The molecule has 0 unspecified atom stereocenters. The second kappa shape index (κ2) is 6.72. The molecule has 3 N–H and O–H groups in total. The number of nitrogens with two attached hydrogens (primary N) is 1. The molecule has 0 atom stereocenters. The Balaban J connectivity index is 1.93. The van der Waals surface area contributed by atoms with E-state index in [0.29, 0.717) is 25.3 Å². The molecule has 0 saturated heterocycles. The van der Waals surface area contributed by atoms with Gasteiger partial charge in [0.25, 0.3) is 5.91 Å². The van der Waals surface area contributed by atoms with Crippen molar-refractivity contribution >= 4 is 5.91 Å². The summed E-state index contributed by atoms with van der Waals surface area (Å²) in [6, 6.07) is 7.55. The van der Waals surface area contributed by atoms with Gasteiger partial charge >= 0.3 is 0 Å². The van der Waals surface area contributed by atoms with Crippen LogP contribution in [0.5, 0.6) is 5.75 Å². The van der Waals surface area contributed by atoms with Crippen molar-refractivity contribution in [3.05, 3.63) is 48.0 Å². The van der Waals surface area contributed by atoms with Crippen LogP contribution in [0.1, 0.15) is 16.1 Å². The summed E-state index contributed by atoms with van der Waals surface area (Å²) in [5.74, 6) is 0.563. The Kier molecular flexibility index (Phi) is 4.73. The fraction of sp³-hybridized carbons (Fsp3) is 0.286. The van der Waals surface area contributed by atoms with Crippen molar-refractivity contribution in [1.29, 1.82) is 0 Å². The summed E-state index contributed by atoms with van der Waals surface area (Å²) < 4.78 is 6.93. The van der Waals surface area contributed by atoms with Crippen LogP contribution < -0.4 is 15.8 Å². The largest absolute Gasteiger partial charge is 0.497 e. The first-order valence-electron chi connectivity index (χ1n) is 6.36. The van der Waals surface area contributed by atoms with Crippen LogP contribution in [0, 0.1) is 0 Å². The zero-order valence-corrected chi connectivity index (χ0v) is 11.4. The molecule has 0 aliphatic heterocycles. The monoisotopic (exact) mass is 274 g/mol. The molecular formula is C14H18N4O2. The molecule has 1 heterocycles. The summed E-state index contributed by atoms with van der Waals surface area (Å²) in [6.07, 6.45) is 3.29. The third-order valence-corrected chi connectivity index (χ3v) is 2.84. The normalized spacial score (nSPS) is 10.3. The Bertz CT molecular complexity index is 580. The van der Waals surface area contributed by atoms with Crippen LogP contribution in [0.4, 0.5) is 0 Å². The van der Waals surface area contributed by atoms with Crippen LogP contribution in [0.15, 0.2) is 36.8 Å². The molecule has 0 aliphatic carbocycles. The highest BCUT2D eigenvalue weighted by Crippen LogP contribution is 2.12. The number of carbonyl (C=O) groups excluding carboxylic acids is 1. The number of nitrogens with one attached hydrogen (secondary N) is 1. The summed E-state index contributed by atoms with van der Waals surface area (Å²) in [7, 11) is 1.61. The molecule has 1 amide bonds. The first kappa shape index (κ1) is 14.1. The highest BCUT2D eigenvalue weighted by Gasteiger charge is 2.08. The minimum absolute atomic E-state index is 0.205. The predicted molar refractivity (Wildman–Crippen MR) is 75.4 cm³/mol. The number of nitrogens with zero attached hydrogens (tertiary/aromatic N) is 2. The molecule has 6 nitrogen and oxygen atoms in total. The van der Waals surface area contributed by atoms with Gasteiger partial charge in [-0.05, 0) is 17.7 Å². The fourth-order valence-corrected chi connectivity index (χ4v) is 1.80. The quantitative estimate of drug-likeness (QED) is 0.815. The lowest BCUT2D eigenvalue weighted by Gasteiger charge is -2.05. The number of ether oxygens (including phenoxy) is 1. The van der Waals surface area contributed by atoms with E-state index in [2.05, 4.69) is 10.3 Å². The number of hydrogen-bond donors (Lipinski definition) is 2. The average Bonchev–Trinajstić information content (AvgIpc) is 2.94. The molecule has 1 aromatic heterocycles. The molecule has 1 aromatic carbocycles. The number of rotatable bonds is 6. The minimum atomic E-state index is -0.205. The number of carbonyl (C=O) groups is 1. The van der Waals surface area contributed by atoms with Crippen LogP contribution in [-0.4, -0.2) is 29.1 Å². The van der Waals surface area contributed by atoms with E-state index in [1.807, 2.05) is 24.3 Å². The van der Waals surface area contributed by atoms with Crippen molar-refractivity contribution in [1.82, 2.24) is 14.9 Å². The molecule has 0 spiro atoms. The van der Waals surface area contributed by atoms with E-state index in [1.165, 1.54) is 0 Å². The number of methoxy groups -OCH3 is 1. The summed E-state index contributed by atoms with van der Waals surface area (Å²) in [6.45, 7) is 1.59. The van der Waals surface area contributed by atoms with Crippen molar-refractivity contribution in [2.24, 2.45) is 5.73 Å². The Morgan fingerprint density at radius 3 is 3.10 bits per heavy atom. The van der Waals surface area contributed by atoms with Crippen LogP contribution in [0.25, 0.3) is 0 Å². The van der Waals surface area contributed by atoms with E-state index in [-0.39, 0.29) is 5.91 Å². The Labute approximate surface area is 117 Å². The van der Waals surface area contributed by atoms with Gasteiger partial charge in [-0.15, -0.1) is 0 Å². The lowest BCUT2D eigenvalue weighted by Crippen LogP contribution is -2.23. The third kappa shape index (κ3) is 3.58. The molecule has 0 aliphatic rings. The number of imidazole rings is 1. The van der Waals surface area contributed by atoms with E-state index in [1.54, 1.807) is 24.2 Å². The van der Waals surface area contributed by atoms with Crippen LogP contribution in [-0.2, 0) is 13.1 Å². The van der Waals surface area contributed by atoms with Crippen molar-refractivity contribution < 1.29 is 9.53 Å². The lowest BCUT2D eigenvalue weighted by atomic mass is 10.2. The van der Waals surface area contributed by atoms with Crippen LogP contribution >= 0.6 is 0 Å². The van der Waals surface area contributed by atoms with Gasteiger partial charge in [-0.25, -0.2) is 4.98 Å². The number of amides is 1. The molecule has 0 radical (unpaired) electrons. The first-order chi connectivity index (χ1) is 9.72. The van der Waals surface area contributed by atoms with Crippen LogP contribution in [0.2, 0.25) is 0 Å². The molecular weight excluding hydrogens is 256 g/mol. The van der Waals surface area contributed by atoms with Crippen molar-refractivity contribution in [2.75, 3.05) is 13.7 Å². The third-order valence-electron chi connectivity index (χ3n) is 2.84. The van der Waals surface area contributed by atoms with E-state index in [9.17, 15) is 4.79 Å². The zero-order chi connectivity index (χ0) is 14.4. The highest BCUT2D eigenvalue weighted by molar-refractivity contribution is 5.91. The van der Waals surface area contributed by atoms with E-state index >= 15 is 0 Å². The van der Waals surface area contributed by atoms with Gasteiger partial charge in [0.15, 0.2) is 0 Å². The highest BCUT2D eigenvalue weighted by atomic mass is 16.5. The van der Waals surface area contributed by atoms with Crippen molar-refractivity contribution in [3.63, 3.8) is 0 Å². The van der Waals surface area contributed by atoms with Gasteiger partial charge in [0, 0.05) is 25.8 Å². The van der Waals surface area contributed by atoms with Gasteiger partial charge in [-0.3, -0.25) is 4.79 Å². The van der Waals surface area contributed by atoms with Gasteiger partial charge in [0.2, 0.25) is 0 Å². The topological polar surface area (TPSA) is 82.2 Å². The average molecular weight is 274 g/mol. The summed E-state index contributed by atoms with van der Waals surface area (Å²) >= 11 is 0. The summed E-state index contributed by atoms with van der Waals surface area (Å²) in [4.78, 5) is 16.0. The number of aromatic nitrogens is 2. The minimum Gasteiger partial charge on any atom is -0.497 e. The number of hydrogen-bond acceptors (Lipinski definition) is 4. The first-order valence-corrected chi connectivity index (χ1v) is 6.36. The maximum atomic E-state index is 11.9. The molecule has 0 saturated carbocycles. The predicted octanol–water partition coefficient (Wildman–Crippen LogP) is 0.780. The lowest BCUT2D eigenvalue weighted by molar-refractivity contribution is 0.0946. The summed E-state index contributed by atoms with van der Waals surface area (Å²) in [5.41, 5.74) is 6.81. The SMILES string of the molecule is COc1cccc(CNC(=O)c2cn(CCN)cn2)c1. The molecule has 0 fully saturated rings. The van der Waals surface area contributed by atoms with Gasteiger partial charge < -0.3 is 20.4 Å². The maximum Gasteiger partial charge on any atom is 0.271 e. The molecule has 0 bridgehead atoms. The maximum absolute atomic E-state index is 11.9. The second-order valence-corrected chi connectivity index (χ2v) is 4.32. The standard InChI is InChI=1S/C14H18N4O2/c1-20-12-4-2-3-11(7-12)8-16-14(19)13-9-18(6-5-15)10-17-13/h2-4,7,9-10H,5-6,8,15H2,1H3,(H,16,19). The van der Waals surface area contributed by atoms with E-state index in [4.69, 9.17) is 10.5 Å². The van der Waals surface area contributed by atoms with Crippen molar-refractivity contribution in [2.45, 2.75) is 13.1 Å². The molecule has 6 heteroatoms. The molecule has 20 heavy (non-hydrogen) atoms. The zero-order valence-electron chi connectivity index (χ0n) is 11.4. The number of benzene rings is 1. The van der Waals surface area contributed by atoms with E-state index < -0.39 is 0 Å². The van der Waals surface area contributed by atoms with Gasteiger partial charge in [-0.2, -0.15) is 0 Å². The molecule has 106 valence electrons. The van der Waals surface area contributed by atoms with Gasteiger partial charge in [-0.1, -0.05) is 12.1 Å². The van der Waals surface area contributed by atoms with Crippen molar-refractivity contribution in [3.8, 4) is 5.75 Å². The van der Waals surface area contributed by atoms with E-state index in [0.717, 1.165) is 11.3 Å². The van der Waals surface area contributed by atoms with Gasteiger partial charge in [0.1, 0.15) is 11.4 Å². The Morgan fingerprint density at radius 1 is 1.50 bits per heavy atom.